The molecule has 0 spiro atoms. The Balaban J connectivity index is 2.22. The number of likely N-dealkylation sites (N-methyl/N-ethyl adjacent to an activating group) is 1. The molecule has 2 heterocycles. The van der Waals surface area contributed by atoms with Crippen LogP contribution in [-0.2, 0) is 6.42 Å². The first kappa shape index (κ1) is 12.1. The molecule has 0 saturated heterocycles. The molecular formula is C13H16N2OS. The number of nitrogens with one attached hydrogen (secondary N) is 1. The van der Waals surface area contributed by atoms with Crippen molar-refractivity contribution in [3.63, 3.8) is 0 Å². The van der Waals surface area contributed by atoms with Gasteiger partial charge in [0.2, 0.25) is 5.88 Å². The van der Waals surface area contributed by atoms with E-state index in [1.807, 2.05) is 13.1 Å². The molecule has 0 aliphatic heterocycles. The average molecular weight is 248 g/mol. The van der Waals surface area contributed by atoms with Gasteiger partial charge in [-0.1, -0.05) is 6.07 Å². The Morgan fingerprint density at radius 1 is 1.47 bits per heavy atom. The topological polar surface area (TPSA) is 34.2 Å². The summed E-state index contributed by atoms with van der Waals surface area (Å²) in [5.74, 6) is 0.696. The lowest BCUT2D eigenvalue weighted by atomic mass is 10.0. The molecule has 2 aromatic rings. The minimum absolute atomic E-state index is 0.230. The van der Waals surface area contributed by atoms with Crippen LogP contribution in [0, 0.1) is 0 Å². The highest BCUT2D eigenvalue weighted by Crippen LogP contribution is 2.25. The zero-order valence-corrected chi connectivity index (χ0v) is 10.8. The fourth-order valence-electron chi connectivity index (χ4n) is 1.85. The Morgan fingerprint density at radius 3 is 3.00 bits per heavy atom. The summed E-state index contributed by atoms with van der Waals surface area (Å²) in [6, 6.07) is 6.38. The molecule has 17 heavy (non-hydrogen) atoms. The van der Waals surface area contributed by atoms with Crippen molar-refractivity contribution in [1.82, 2.24) is 10.3 Å². The lowest BCUT2D eigenvalue weighted by molar-refractivity contribution is 0.384. The van der Waals surface area contributed by atoms with Crippen LogP contribution in [0.2, 0.25) is 0 Å². The van der Waals surface area contributed by atoms with Gasteiger partial charge in [0.05, 0.1) is 7.11 Å². The average Bonchev–Trinajstić information content (AvgIpc) is 2.89. The fraction of sp³-hybridized carbons (Fsp3) is 0.308. The standard InChI is InChI=1S/C13H16N2OS/c1-14-12(8-10-5-7-17-9-10)11-4-3-6-15-13(11)16-2/h3-7,9,12,14H,8H2,1-2H3. The molecule has 4 heteroatoms. The van der Waals surface area contributed by atoms with Crippen LogP contribution in [0.4, 0.5) is 0 Å². The summed E-state index contributed by atoms with van der Waals surface area (Å²) < 4.78 is 5.30. The first-order chi connectivity index (χ1) is 8.35. The van der Waals surface area contributed by atoms with Gasteiger partial charge in [-0.15, -0.1) is 0 Å². The van der Waals surface area contributed by atoms with Crippen LogP contribution in [0.1, 0.15) is 17.2 Å². The van der Waals surface area contributed by atoms with E-state index in [1.54, 1.807) is 24.6 Å². The second-order valence-corrected chi connectivity index (χ2v) is 4.56. The van der Waals surface area contributed by atoms with E-state index in [9.17, 15) is 0 Å². The van der Waals surface area contributed by atoms with Crippen molar-refractivity contribution in [3.8, 4) is 5.88 Å². The van der Waals surface area contributed by atoms with Crippen LogP contribution in [0.3, 0.4) is 0 Å². The van der Waals surface area contributed by atoms with Crippen LogP contribution in [-0.4, -0.2) is 19.1 Å². The van der Waals surface area contributed by atoms with Gasteiger partial charge >= 0.3 is 0 Å². The number of aromatic nitrogens is 1. The molecule has 90 valence electrons. The number of rotatable bonds is 5. The van der Waals surface area contributed by atoms with Gasteiger partial charge in [-0.3, -0.25) is 0 Å². The molecule has 1 N–H and O–H groups in total. The predicted octanol–water partition coefficient (Wildman–Crippen LogP) is 2.65. The Bertz CT molecular complexity index is 456. The first-order valence-corrected chi connectivity index (χ1v) is 6.46. The Kier molecular flexibility index (Phi) is 4.12. The van der Waals surface area contributed by atoms with Gasteiger partial charge in [0.1, 0.15) is 0 Å². The third-order valence-corrected chi connectivity index (χ3v) is 3.47. The van der Waals surface area contributed by atoms with Crippen molar-refractivity contribution in [2.24, 2.45) is 0 Å². The number of thiophene rings is 1. The highest BCUT2D eigenvalue weighted by atomic mass is 32.1. The lowest BCUT2D eigenvalue weighted by Gasteiger charge is -2.17. The fourth-order valence-corrected chi connectivity index (χ4v) is 2.53. The molecule has 0 aliphatic rings. The minimum Gasteiger partial charge on any atom is -0.481 e. The summed E-state index contributed by atoms with van der Waals surface area (Å²) in [5, 5.41) is 7.59. The van der Waals surface area contributed by atoms with E-state index in [0.717, 1.165) is 12.0 Å². The van der Waals surface area contributed by atoms with Crippen molar-refractivity contribution in [3.05, 3.63) is 46.3 Å². The van der Waals surface area contributed by atoms with Crippen LogP contribution in [0.15, 0.2) is 35.2 Å². The SMILES string of the molecule is CNC(Cc1ccsc1)c1cccnc1OC. The second-order valence-electron chi connectivity index (χ2n) is 3.78. The highest BCUT2D eigenvalue weighted by molar-refractivity contribution is 7.07. The van der Waals surface area contributed by atoms with Crippen LogP contribution >= 0.6 is 11.3 Å². The number of pyridine rings is 1. The van der Waals surface area contributed by atoms with Gasteiger partial charge in [-0.2, -0.15) is 11.3 Å². The second kappa shape index (κ2) is 5.80. The summed E-state index contributed by atoms with van der Waals surface area (Å²) >= 11 is 1.72. The Morgan fingerprint density at radius 2 is 2.35 bits per heavy atom. The van der Waals surface area contributed by atoms with Crippen molar-refractivity contribution in [1.29, 1.82) is 0 Å². The predicted molar refractivity (Wildman–Crippen MR) is 70.6 cm³/mol. The summed E-state index contributed by atoms with van der Waals surface area (Å²) in [7, 11) is 3.62. The Labute approximate surface area is 105 Å². The molecule has 0 radical (unpaired) electrons. The van der Waals surface area contributed by atoms with Crippen molar-refractivity contribution >= 4 is 11.3 Å². The first-order valence-electron chi connectivity index (χ1n) is 5.52. The molecule has 2 rings (SSSR count). The third kappa shape index (κ3) is 2.84. The molecule has 0 aliphatic carbocycles. The normalized spacial score (nSPS) is 12.4. The summed E-state index contributed by atoms with van der Waals surface area (Å²) in [6.07, 6.45) is 2.70. The number of nitrogens with zero attached hydrogens (tertiary/aromatic N) is 1. The molecule has 0 fully saturated rings. The molecule has 0 saturated carbocycles. The Hall–Kier alpha value is -1.39. The molecule has 0 bridgehead atoms. The monoisotopic (exact) mass is 248 g/mol. The van der Waals surface area contributed by atoms with E-state index in [2.05, 4.69) is 33.2 Å². The summed E-state index contributed by atoms with van der Waals surface area (Å²) in [6.45, 7) is 0. The van der Waals surface area contributed by atoms with Gasteiger partial charge in [-0.05, 0) is 41.9 Å². The molecule has 1 atom stereocenters. The van der Waals surface area contributed by atoms with E-state index in [-0.39, 0.29) is 6.04 Å². The molecule has 3 nitrogen and oxygen atoms in total. The van der Waals surface area contributed by atoms with Crippen LogP contribution in [0.5, 0.6) is 5.88 Å². The van der Waals surface area contributed by atoms with Crippen LogP contribution < -0.4 is 10.1 Å². The zero-order chi connectivity index (χ0) is 12.1. The van der Waals surface area contributed by atoms with Crippen molar-refractivity contribution < 1.29 is 4.74 Å². The molecule has 0 aromatic carbocycles. The van der Waals surface area contributed by atoms with E-state index in [4.69, 9.17) is 4.74 Å². The van der Waals surface area contributed by atoms with Gasteiger partial charge < -0.3 is 10.1 Å². The third-order valence-electron chi connectivity index (χ3n) is 2.74. The van der Waals surface area contributed by atoms with E-state index in [0.29, 0.717) is 5.88 Å². The van der Waals surface area contributed by atoms with Gasteiger partial charge in [0.15, 0.2) is 0 Å². The minimum atomic E-state index is 0.230. The van der Waals surface area contributed by atoms with Crippen molar-refractivity contribution in [2.75, 3.05) is 14.2 Å². The van der Waals surface area contributed by atoms with Gasteiger partial charge in [-0.25, -0.2) is 4.98 Å². The maximum absolute atomic E-state index is 5.30. The number of ether oxygens (including phenoxy) is 1. The lowest BCUT2D eigenvalue weighted by Crippen LogP contribution is -2.19. The molecule has 2 aromatic heterocycles. The number of hydrogen-bond donors (Lipinski definition) is 1. The molecule has 1 unspecified atom stereocenters. The molecular weight excluding hydrogens is 232 g/mol. The smallest absolute Gasteiger partial charge is 0.217 e. The van der Waals surface area contributed by atoms with Crippen molar-refractivity contribution in [2.45, 2.75) is 12.5 Å². The van der Waals surface area contributed by atoms with Crippen LogP contribution in [0.25, 0.3) is 0 Å². The van der Waals surface area contributed by atoms with E-state index in [1.165, 1.54) is 5.56 Å². The number of methoxy groups -OCH3 is 1. The number of hydrogen-bond acceptors (Lipinski definition) is 4. The van der Waals surface area contributed by atoms with Gasteiger partial charge in [0.25, 0.3) is 0 Å². The largest absolute Gasteiger partial charge is 0.481 e. The maximum Gasteiger partial charge on any atom is 0.217 e. The molecule has 0 amide bonds. The van der Waals surface area contributed by atoms with E-state index < -0.39 is 0 Å². The van der Waals surface area contributed by atoms with E-state index >= 15 is 0 Å². The summed E-state index contributed by atoms with van der Waals surface area (Å²) in [5.41, 5.74) is 2.43. The van der Waals surface area contributed by atoms with Gasteiger partial charge in [0, 0.05) is 17.8 Å². The quantitative estimate of drug-likeness (QED) is 0.883. The zero-order valence-electron chi connectivity index (χ0n) is 10.0. The summed E-state index contributed by atoms with van der Waals surface area (Å²) in [4.78, 5) is 4.24. The maximum atomic E-state index is 5.30. The highest BCUT2D eigenvalue weighted by Gasteiger charge is 2.15.